The first-order chi connectivity index (χ1) is 8.61. The molecule has 0 heterocycles. The fourth-order valence-electron chi connectivity index (χ4n) is 2.40. The maximum absolute atomic E-state index is 2.43. The molecule has 0 saturated carbocycles. The Bertz CT molecular complexity index is 176. The van der Waals surface area contributed by atoms with Crippen LogP contribution in [0.25, 0.3) is 0 Å². The molecule has 2 radical (unpaired) electrons. The molecule has 0 aromatic rings. The van der Waals surface area contributed by atoms with Gasteiger partial charge in [0, 0.05) is 0 Å². The molecule has 0 bridgehead atoms. The highest BCUT2D eigenvalue weighted by atomic mass is 14.2. The summed E-state index contributed by atoms with van der Waals surface area (Å²) in [4.78, 5) is 0. The fraction of sp³-hybridized carbons (Fsp3) is 1.00. The van der Waals surface area contributed by atoms with E-state index in [9.17, 15) is 0 Å². The maximum Gasteiger partial charge on any atom is 0.0660 e. The Morgan fingerprint density at radius 3 is 2.11 bits per heavy atom. The first-order valence-electron chi connectivity index (χ1n) is 8.26. The average Bonchev–Trinajstić information content (AvgIpc) is 2.41. The predicted octanol–water partition coefficient (Wildman–Crippen LogP) is 5.58. The third kappa shape index (κ3) is 8.27. The van der Waals surface area contributed by atoms with E-state index in [4.69, 9.17) is 0 Å². The van der Waals surface area contributed by atoms with Crippen molar-refractivity contribution >= 4 is 14.3 Å². The Labute approximate surface area is 118 Å². The monoisotopic (exact) mass is 248 g/mol. The summed E-state index contributed by atoms with van der Waals surface area (Å²) in [6, 6.07) is 0. The van der Waals surface area contributed by atoms with Gasteiger partial charge in [0.2, 0.25) is 0 Å². The summed E-state index contributed by atoms with van der Waals surface area (Å²) in [6.45, 7) is 11.7. The molecule has 0 aliphatic rings. The lowest BCUT2D eigenvalue weighted by molar-refractivity contribution is 0.338. The topological polar surface area (TPSA) is 0 Å². The third-order valence-electron chi connectivity index (χ3n) is 4.77. The average molecular weight is 248 g/mol. The Balaban J connectivity index is 3.59. The molecular formula is C16H34B2. The third-order valence-corrected chi connectivity index (χ3v) is 4.77. The quantitative estimate of drug-likeness (QED) is 0.312. The molecule has 2 heteroatoms. The highest BCUT2D eigenvalue weighted by Crippen LogP contribution is 2.29. The molecule has 0 fully saturated rings. The first-order valence-corrected chi connectivity index (χ1v) is 8.26. The lowest BCUT2D eigenvalue weighted by Crippen LogP contribution is -2.19. The van der Waals surface area contributed by atoms with Gasteiger partial charge in [0.25, 0.3) is 0 Å². The lowest BCUT2D eigenvalue weighted by atomic mass is 9.33. The van der Waals surface area contributed by atoms with E-state index in [1.165, 1.54) is 57.6 Å². The zero-order chi connectivity index (χ0) is 13.9. The van der Waals surface area contributed by atoms with Crippen molar-refractivity contribution in [1.29, 1.82) is 0 Å². The molecule has 0 aromatic carbocycles. The van der Waals surface area contributed by atoms with Crippen molar-refractivity contribution in [3.05, 3.63) is 0 Å². The second kappa shape index (κ2) is 11.0. The van der Waals surface area contributed by atoms with E-state index in [-0.39, 0.29) is 0 Å². The zero-order valence-corrected chi connectivity index (χ0v) is 13.6. The fourth-order valence-corrected chi connectivity index (χ4v) is 2.40. The molecule has 0 amide bonds. The molecule has 0 aliphatic heterocycles. The summed E-state index contributed by atoms with van der Waals surface area (Å²) in [5, 5.41) is 0. The number of unbranched alkanes of at least 4 members (excludes halogenated alkanes) is 1. The smallest absolute Gasteiger partial charge is 0.0660 e. The van der Waals surface area contributed by atoms with E-state index in [1.54, 1.807) is 0 Å². The number of hydrogen-bond donors (Lipinski definition) is 0. The molecule has 1 unspecified atom stereocenters. The zero-order valence-electron chi connectivity index (χ0n) is 13.6. The molecule has 0 saturated heterocycles. The van der Waals surface area contributed by atoms with Crippen LogP contribution in [0.15, 0.2) is 0 Å². The Kier molecular flexibility index (Phi) is 11.1. The van der Waals surface area contributed by atoms with Gasteiger partial charge < -0.3 is 0 Å². The van der Waals surface area contributed by atoms with Gasteiger partial charge in [-0.2, -0.15) is 0 Å². The molecule has 0 spiro atoms. The summed E-state index contributed by atoms with van der Waals surface area (Å²) < 4.78 is 0. The van der Waals surface area contributed by atoms with Gasteiger partial charge in [-0.25, -0.2) is 0 Å². The van der Waals surface area contributed by atoms with Crippen molar-refractivity contribution in [2.75, 3.05) is 0 Å². The van der Waals surface area contributed by atoms with Gasteiger partial charge in [0.15, 0.2) is 0 Å². The highest BCUT2D eigenvalue weighted by molar-refractivity contribution is 7.00. The van der Waals surface area contributed by atoms with E-state index in [0.717, 1.165) is 5.92 Å². The van der Waals surface area contributed by atoms with Crippen molar-refractivity contribution in [1.82, 2.24) is 0 Å². The Hall–Kier alpha value is 0.130. The van der Waals surface area contributed by atoms with Crippen molar-refractivity contribution in [2.45, 2.75) is 92.2 Å². The minimum absolute atomic E-state index is 0.531. The van der Waals surface area contributed by atoms with E-state index in [1.807, 2.05) is 0 Å². The van der Waals surface area contributed by atoms with Gasteiger partial charge in [-0.15, -0.1) is 0 Å². The Morgan fingerprint density at radius 2 is 1.61 bits per heavy atom. The van der Waals surface area contributed by atoms with Crippen molar-refractivity contribution < 1.29 is 0 Å². The van der Waals surface area contributed by atoms with Gasteiger partial charge in [-0.1, -0.05) is 92.2 Å². The van der Waals surface area contributed by atoms with Gasteiger partial charge >= 0.3 is 0 Å². The molecule has 0 rings (SSSR count). The van der Waals surface area contributed by atoms with E-state index < -0.39 is 0 Å². The normalized spacial score (nSPS) is 13.4. The van der Waals surface area contributed by atoms with Crippen LogP contribution < -0.4 is 0 Å². The summed E-state index contributed by atoms with van der Waals surface area (Å²) in [7, 11) is 4.86. The predicted molar refractivity (Wildman–Crippen MR) is 87.7 cm³/mol. The van der Waals surface area contributed by atoms with E-state index in [0.29, 0.717) is 5.41 Å². The second-order valence-electron chi connectivity index (χ2n) is 6.19. The minimum Gasteiger partial charge on any atom is -0.0884 e. The van der Waals surface area contributed by atoms with Crippen LogP contribution >= 0.6 is 0 Å². The van der Waals surface area contributed by atoms with Crippen LogP contribution in [0.2, 0.25) is 12.6 Å². The van der Waals surface area contributed by atoms with Crippen LogP contribution in [0.3, 0.4) is 0 Å². The molecular weight excluding hydrogens is 214 g/mol. The molecule has 0 aliphatic carbocycles. The summed E-state index contributed by atoms with van der Waals surface area (Å²) in [5.41, 5.74) is 0.531. The van der Waals surface area contributed by atoms with Crippen LogP contribution in [0.1, 0.15) is 79.6 Å². The highest BCUT2D eigenvalue weighted by Gasteiger charge is 2.18. The van der Waals surface area contributed by atoms with Gasteiger partial charge in [-0.3, -0.25) is 0 Å². The molecule has 0 aromatic heterocycles. The van der Waals surface area contributed by atoms with Crippen molar-refractivity contribution in [3.63, 3.8) is 0 Å². The second-order valence-corrected chi connectivity index (χ2v) is 6.19. The molecule has 0 N–H and O–H groups in total. The maximum atomic E-state index is 2.43. The molecule has 0 nitrogen and oxygen atoms in total. The lowest BCUT2D eigenvalue weighted by Gasteiger charge is -2.26. The summed E-state index contributed by atoms with van der Waals surface area (Å²) in [6.07, 6.45) is 12.1. The largest absolute Gasteiger partial charge is 0.0884 e. The van der Waals surface area contributed by atoms with Crippen molar-refractivity contribution in [2.24, 2.45) is 11.3 Å². The summed E-state index contributed by atoms with van der Waals surface area (Å²) in [5.74, 6) is 0.957. The number of hydrogen-bond acceptors (Lipinski definition) is 0. The van der Waals surface area contributed by atoms with Crippen LogP contribution in [0.4, 0.5) is 0 Å². The standard InChI is InChI=1S/C16H34B2/c1-6-10-11-15(7-2)12-13-17-18-14-16(5,8-3)9-4/h15H,6-14H2,1-5H3. The van der Waals surface area contributed by atoms with E-state index in [2.05, 4.69) is 49.0 Å². The molecule has 104 valence electrons. The van der Waals surface area contributed by atoms with Gasteiger partial charge in [0.05, 0.1) is 14.3 Å². The minimum atomic E-state index is 0.531. The van der Waals surface area contributed by atoms with Crippen LogP contribution in [-0.2, 0) is 0 Å². The van der Waals surface area contributed by atoms with Crippen molar-refractivity contribution in [3.8, 4) is 0 Å². The van der Waals surface area contributed by atoms with Gasteiger partial charge in [0.1, 0.15) is 0 Å². The Morgan fingerprint density at radius 1 is 0.944 bits per heavy atom. The number of rotatable bonds is 12. The molecule has 18 heavy (non-hydrogen) atoms. The van der Waals surface area contributed by atoms with Crippen LogP contribution in [0, 0.1) is 11.3 Å². The molecule has 1 atom stereocenters. The van der Waals surface area contributed by atoms with Crippen LogP contribution in [-0.4, -0.2) is 14.3 Å². The first kappa shape index (κ1) is 18.1. The van der Waals surface area contributed by atoms with E-state index >= 15 is 0 Å². The van der Waals surface area contributed by atoms with Gasteiger partial charge in [-0.05, 0) is 11.3 Å². The SMILES string of the molecule is CCCCC(CC)CC[B][B]CC(C)(CC)CC. The van der Waals surface area contributed by atoms with Crippen LogP contribution in [0.5, 0.6) is 0 Å². The summed E-state index contributed by atoms with van der Waals surface area (Å²) >= 11 is 0.